The molecule has 0 unspecified atom stereocenters. The number of amides is 2. The lowest BCUT2D eigenvalue weighted by atomic mass is 10.1. The number of thioether (sulfide) groups is 1. The number of benzene rings is 2. The van der Waals surface area contributed by atoms with Crippen molar-refractivity contribution in [3.05, 3.63) is 64.7 Å². The summed E-state index contributed by atoms with van der Waals surface area (Å²) >= 11 is 7.49. The number of carbonyl (C=O) groups is 2. The molecule has 2 rings (SSSR count). The van der Waals surface area contributed by atoms with E-state index in [9.17, 15) is 9.59 Å². The molecule has 0 radical (unpaired) electrons. The Balaban J connectivity index is 2.21. The third-order valence-electron chi connectivity index (χ3n) is 4.53. The minimum atomic E-state index is -0.536. The topological polar surface area (TPSA) is 49.4 Å². The summed E-state index contributed by atoms with van der Waals surface area (Å²) in [6.07, 6.45) is 0.538. The van der Waals surface area contributed by atoms with E-state index < -0.39 is 6.04 Å². The van der Waals surface area contributed by atoms with Crippen molar-refractivity contribution < 1.29 is 9.59 Å². The summed E-state index contributed by atoms with van der Waals surface area (Å²) in [7, 11) is 0. The molecule has 30 heavy (non-hydrogen) atoms. The molecule has 4 nitrogen and oxygen atoms in total. The van der Waals surface area contributed by atoms with Gasteiger partial charge in [-0.2, -0.15) is 0 Å². The number of nitrogens with zero attached hydrogens (tertiary/aromatic N) is 1. The van der Waals surface area contributed by atoms with Crippen LogP contribution in [-0.2, 0) is 16.1 Å². The van der Waals surface area contributed by atoms with Crippen LogP contribution in [-0.4, -0.2) is 34.0 Å². The Labute approximate surface area is 189 Å². The molecule has 162 valence electrons. The first kappa shape index (κ1) is 24.3. The first-order valence-corrected chi connectivity index (χ1v) is 11.5. The largest absolute Gasteiger partial charge is 0.350 e. The van der Waals surface area contributed by atoms with E-state index in [1.165, 1.54) is 17.3 Å². The Hall–Kier alpha value is -1.98. The Morgan fingerprint density at radius 3 is 2.20 bits per heavy atom. The van der Waals surface area contributed by atoms with Crippen molar-refractivity contribution in [3.63, 3.8) is 0 Å². The van der Waals surface area contributed by atoms with Crippen LogP contribution in [0.15, 0.2) is 53.4 Å². The van der Waals surface area contributed by atoms with Gasteiger partial charge in [-0.15, -0.1) is 11.8 Å². The molecular formula is C24H31ClN2O2S. The van der Waals surface area contributed by atoms with E-state index in [0.717, 1.165) is 10.5 Å². The lowest BCUT2D eigenvalue weighted by Gasteiger charge is -2.33. The lowest BCUT2D eigenvalue weighted by molar-refractivity contribution is -0.140. The van der Waals surface area contributed by atoms with Gasteiger partial charge in [0.2, 0.25) is 11.8 Å². The summed E-state index contributed by atoms with van der Waals surface area (Å²) in [6.45, 7) is 10.2. The SMILES string of the molecule is CC[C@@H](C(=O)NC(C)(C)C)N(Cc1ccc(Cl)cc1)C(=O)CSc1ccc(C)cc1. The van der Waals surface area contributed by atoms with Gasteiger partial charge in [0, 0.05) is 22.0 Å². The quantitative estimate of drug-likeness (QED) is 0.547. The van der Waals surface area contributed by atoms with Gasteiger partial charge in [0.15, 0.2) is 0 Å². The Morgan fingerprint density at radius 1 is 1.07 bits per heavy atom. The molecule has 0 heterocycles. The van der Waals surface area contributed by atoms with E-state index in [0.29, 0.717) is 18.0 Å². The number of halogens is 1. The molecule has 1 N–H and O–H groups in total. The summed E-state index contributed by atoms with van der Waals surface area (Å²) < 4.78 is 0. The molecule has 6 heteroatoms. The average molecular weight is 447 g/mol. The van der Waals surface area contributed by atoms with Gasteiger partial charge < -0.3 is 10.2 Å². The average Bonchev–Trinajstić information content (AvgIpc) is 2.67. The summed E-state index contributed by atoms with van der Waals surface area (Å²) in [5.74, 6) is 0.0785. The standard InChI is InChI=1S/C24H31ClN2O2S/c1-6-21(23(29)26-24(3,4)5)27(15-18-9-11-19(25)12-10-18)22(28)16-30-20-13-7-17(2)8-14-20/h7-14,21H,6,15-16H2,1-5H3,(H,26,29)/t21-/m0/s1. The van der Waals surface area contributed by atoms with E-state index in [1.54, 1.807) is 17.0 Å². The zero-order valence-electron chi connectivity index (χ0n) is 18.4. The van der Waals surface area contributed by atoms with Crippen molar-refractivity contribution in [2.75, 3.05) is 5.75 Å². The Bertz CT molecular complexity index is 845. The van der Waals surface area contributed by atoms with Crippen LogP contribution in [0.1, 0.15) is 45.2 Å². The van der Waals surface area contributed by atoms with Gasteiger partial charge in [0.1, 0.15) is 6.04 Å². The second-order valence-electron chi connectivity index (χ2n) is 8.41. The minimum absolute atomic E-state index is 0.0635. The van der Waals surface area contributed by atoms with Crippen molar-refractivity contribution in [2.24, 2.45) is 0 Å². The third-order valence-corrected chi connectivity index (χ3v) is 5.78. The molecule has 0 bridgehead atoms. The number of hydrogen-bond acceptors (Lipinski definition) is 3. The molecule has 0 saturated carbocycles. The smallest absolute Gasteiger partial charge is 0.243 e. The van der Waals surface area contributed by atoms with Crippen molar-refractivity contribution in [1.82, 2.24) is 10.2 Å². The fourth-order valence-electron chi connectivity index (χ4n) is 3.02. The van der Waals surface area contributed by atoms with Crippen LogP contribution >= 0.6 is 23.4 Å². The van der Waals surface area contributed by atoms with Crippen molar-refractivity contribution in [1.29, 1.82) is 0 Å². The molecule has 0 saturated heterocycles. The van der Waals surface area contributed by atoms with Gasteiger partial charge in [-0.25, -0.2) is 0 Å². The number of hydrogen-bond donors (Lipinski definition) is 1. The van der Waals surface area contributed by atoms with Crippen LogP contribution < -0.4 is 5.32 Å². The van der Waals surface area contributed by atoms with Crippen LogP contribution in [0, 0.1) is 6.92 Å². The first-order valence-electron chi connectivity index (χ1n) is 10.1. The van der Waals surface area contributed by atoms with Crippen LogP contribution in [0.3, 0.4) is 0 Å². The van der Waals surface area contributed by atoms with Crippen molar-refractivity contribution in [2.45, 2.75) is 64.1 Å². The van der Waals surface area contributed by atoms with Crippen molar-refractivity contribution >= 4 is 35.2 Å². The van der Waals surface area contributed by atoms with Crippen LogP contribution in [0.5, 0.6) is 0 Å². The lowest BCUT2D eigenvalue weighted by Crippen LogP contribution is -2.53. The van der Waals surface area contributed by atoms with Crippen LogP contribution in [0.2, 0.25) is 5.02 Å². The second-order valence-corrected chi connectivity index (χ2v) is 9.90. The predicted octanol–water partition coefficient (Wildman–Crippen LogP) is 5.46. The Morgan fingerprint density at radius 2 is 1.67 bits per heavy atom. The first-order chi connectivity index (χ1) is 14.1. The highest BCUT2D eigenvalue weighted by Crippen LogP contribution is 2.21. The summed E-state index contributed by atoms with van der Waals surface area (Å²) in [5.41, 5.74) is 1.76. The fraction of sp³-hybridized carbons (Fsp3) is 0.417. The summed E-state index contributed by atoms with van der Waals surface area (Å²) in [6, 6.07) is 14.9. The van der Waals surface area contributed by atoms with E-state index in [1.807, 2.05) is 71.0 Å². The maximum absolute atomic E-state index is 13.2. The number of rotatable bonds is 8. The van der Waals surface area contributed by atoms with Gasteiger partial charge >= 0.3 is 0 Å². The number of nitrogens with one attached hydrogen (secondary N) is 1. The van der Waals surface area contributed by atoms with E-state index in [4.69, 9.17) is 11.6 Å². The zero-order chi connectivity index (χ0) is 22.3. The molecule has 0 spiro atoms. The molecule has 0 fully saturated rings. The van der Waals surface area contributed by atoms with Gasteiger partial charge in [-0.05, 0) is 63.9 Å². The van der Waals surface area contributed by atoms with Crippen LogP contribution in [0.4, 0.5) is 0 Å². The molecule has 0 aliphatic heterocycles. The predicted molar refractivity (Wildman–Crippen MR) is 126 cm³/mol. The molecule has 2 aromatic rings. The highest BCUT2D eigenvalue weighted by atomic mass is 35.5. The molecule has 0 aliphatic rings. The van der Waals surface area contributed by atoms with Gasteiger partial charge in [-0.3, -0.25) is 9.59 Å². The maximum Gasteiger partial charge on any atom is 0.243 e. The number of carbonyl (C=O) groups excluding carboxylic acids is 2. The van der Waals surface area contributed by atoms with Gasteiger partial charge in [0.25, 0.3) is 0 Å². The van der Waals surface area contributed by atoms with Crippen LogP contribution in [0.25, 0.3) is 0 Å². The van der Waals surface area contributed by atoms with Gasteiger partial charge in [0.05, 0.1) is 5.75 Å². The highest BCUT2D eigenvalue weighted by molar-refractivity contribution is 8.00. The zero-order valence-corrected chi connectivity index (χ0v) is 19.9. The molecule has 2 amide bonds. The van der Waals surface area contributed by atoms with Gasteiger partial charge in [-0.1, -0.05) is 48.4 Å². The molecule has 2 aromatic carbocycles. The Kier molecular flexibility index (Phi) is 8.80. The second kappa shape index (κ2) is 10.9. The number of aryl methyl sites for hydroxylation is 1. The highest BCUT2D eigenvalue weighted by Gasteiger charge is 2.30. The van der Waals surface area contributed by atoms with Crippen molar-refractivity contribution in [3.8, 4) is 0 Å². The summed E-state index contributed by atoms with van der Waals surface area (Å²) in [4.78, 5) is 28.9. The molecule has 1 atom stereocenters. The minimum Gasteiger partial charge on any atom is -0.350 e. The monoisotopic (exact) mass is 446 g/mol. The van der Waals surface area contributed by atoms with E-state index in [2.05, 4.69) is 5.32 Å². The molecule has 0 aliphatic carbocycles. The maximum atomic E-state index is 13.2. The molecule has 0 aromatic heterocycles. The summed E-state index contributed by atoms with van der Waals surface area (Å²) in [5, 5.41) is 3.66. The normalized spacial score (nSPS) is 12.3. The molecular weight excluding hydrogens is 416 g/mol. The fourth-order valence-corrected chi connectivity index (χ4v) is 3.93. The third kappa shape index (κ3) is 7.69. The van der Waals surface area contributed by atoms with E-state index in [-0.39, 0.29) is 23.1 Å². The van der Waals surface area contributed by atoms with E-state index >= 15 is 0 Å².